The Labute approximate surface area is 113 Å². The van der Waals surface area contributed by atoms with Crippen molar-refractivity contribution in [1.29, 1.82) is 0 Å². The summed E-state index contributed by atoms with van der Waals surface area (Å²) < 4.78 is 6.93. The minimum absolute atomic E-state index is 0.246. The minimum Gasteiger partial charge on any atom is -0.337 e. The summed E-state index contributed by atoms with van der Waals surface area (Å²) in [6.45, 7) is 2.58. The van der Waals surface area contributed by atoms with E-state index in [0.29, 0.717) is 18.4 Å². The molecule has 2 aromatic heterocycles. The molecule has 6 nitrogen and oxygen atoms in total. The van der Waals surface area contributed by atoms with E-state index in [1.165, 1.54) is 12.8 Å². The zero-order chi connectivity index (χ0) is 12.5. The Hall–Kier alpha value is -1.24. The molecule has 96 valence electrons. The molecule has 0 spiro atoms. The third-order valence-corrected chi connectivity index (χ3v) is 4.08. The van der Waals surface area contributed by atoms with Crippen molar-refractivity contribution in [2.45, 2.75) is 43.5 Å². The van der Waals surface area contributed by atoms with Gasteiger partial charge in [0, 0.05) is 5.92 Å². The number of nitrogens with zero attached hydrogens (tertiary/aromatic N) is 5. The number of halogens is 1. The summed E-state index contributed by atoms with van der Waals surface area (Å²) in [5, 5.41) is 12.1. The molecular weight excluding hydrogens is 298 g/mol. The first-order valence-electron chi connectivity index (χ1n) is 6.13. The molecule has 3 rings (SSSR count). The lowest BCUT2D eigenvalue weighted by atomic mass is 10.3. The van der Waals surface area contributed by atoms with Crippen molar-refractivity contribution in [3.63, 3.8) is 0 Å². The quantitative estimate of drug-likeness (QED) is 0.793. The van der Waals surface area contributed by atoms with E-state index in [0.717, 1.165) is 17.9 Å². The van der Waals surface area contributed by atoms with Gasteiger partial charge in [-0.2, -0.15) is 4.98 Å². The molecule has 2 heterocycles. The van der Waals surface area contributed by atoms with Crippen molar-refractivity contribution in [1.82, 2.24) is 25.1 Å². The van der Waals surface area contributed by atoms with Gasteiger partial charge in [0.05, 0.1) is 16.7 Å². The Kier molecular flexibility index (Phi) is 3.15. The SMILES string of the molecule is CCC(Br)c1cn(Cc2nc(C3CC3)no2)nn1. The Bertz CT molecular complexity index is 533. The summed E-state index contributed by atoms with van der Waals surface area (Å²) in [6.07, 6.45) is 5.23. The van der Waals surface area contributed by atoms with Gasteiger partial charge in [-0.25, -0.2) is 4.68 Å². The third kappa shape index (κ3) is 2.45. The van der Waals surface area contributed by atoms with Gasteiger partial charge >= 0.3 is 0 Å². The number of aromatic nitrogens is 5. The van der Waals surface area contributed by atoms with E-state index >= 15 is 0 Å². The van der Waals surface area contributed by atoms with E-state index in [4.69, 9.17) is 4.52 Å². The lowest BCUT2D eigenvalue weighted by molar-refractivity contribution is 0.360. The molecule has 0 amide bonds. The first-order chi connectivity index (χ1) is 8.76. The molecule has 1 aliphatic rings. The minimum atomic E-state index is 0.246. The van der Waals surface area contributed by atoms with E-state index < -0.39 is 0 Å². The maximum absolute atomic E-state index is 5.20. The number of hydrogen-bond donors (Lipinski definition) is 0. The average molecular weight is 312 g/mol. The third-order valence-electron chi connectivity index (χ3n) is 2.96. The fourth-order valence-corrected chi connectivity index (χ4v) is 1.93. The van der Waals surface area contributed by atoms with Crippen molar-refractivity contribution in [2.75, 3.05) is 0 Å². The van der Waals surface area contributed by atoms with Gasteiger partial charge in [0.2, 0.25) is 5.89 Å². The maximum Gasteiger partial charge on any atom is 0.248 e. The standard InChI is InChI=1S/C11H14BrN5O/c1-2-8(12)9-5-17(16-14-9)6-10-13-11(15-18-10)7-3-4-7/h5,7-8H,2-4,6H2,1H3. The predicted molar refractivity (Wildman–Crippen MR) is 67.4 cm³/mol. The smallest absolute Gasteiger partial charge is 0.248 e. The van der Waals surface area contributed by atoms with Gasteiger partial charge in [0.15, 0.2) is 5.82 Å². The molecule has 1 aliphatic carbocycles. The monoisotopic (exact) mass is 311 g/mol. The van der Waals surface area contributed by atoms with Gasteiger partial charge in [-0.1, -0.05) is 33.2 Å². The van der Waals surface area contributed by atoms with Crippen LogP contribution in [0.1, 0.15) is 54.3 Å². The fraction of sp³-hybridized carbons (Fsp3) is 0.636. The zero-order valence-corrected chi connectivity index (χ0v) is 11.7. The van der Waals surface area contributed by atoms with Crippen LogP contribution in [0.2, 0.25) is 0 Å². The molecule has 7 heteroatoms. The number of hydrogen-bond acceptors (Lipinski definition) is 5. The Balaban J connectivity index is 1.69. The van der Waals surface area contributed by atoms with Crippen LogP contribution in [0, 0.1) is 0 Å². The molecule has 0 N–H and O–H groups in total. The van der Waals surface area contributed by atoms with Crippen LogP contribution in [-0.2, 0) is 6.54 Å². The molecule has 0 radical (unpaired) electrons. The van der Waals surface area contributed by atoms with Crippen molar-refractivity contribution in [2.24, 2.45) is 0 Å². The van der Waals surface area contributed by atoms with Crippen LogP contribution in [0.5, 0.6) is 0 Å². The van der Waals surface area contributed by atoms with Gasteiger partial charge in [-0.05, 0) is 19.3 Å². The first kappa shape index (κ1) is 11.8. The Morgan fingerprint density at radius 1 is 1.56 bits per heavy atom. The molecule has 18 heavy (non-hydrogen) atoms. The molecule has 1 unspecified atom stereocenters. The first-order valence-corrected chi connectivity index (χ1v) is 7.04. The second-order valence-corrected chi connectivity index (χ2v) is 5.64. The highest BCUT2D eigenvalue weighted by Crippen LogP contribution is 2.38. The molecule has 0 saturated heterocycles. The molecule has 0 aliphatic heterocycles. The lowest BCUT2D eigenvalue weighted by Gasteiger charge is -1.98. The molecule has 1 fully saturated rings. The second-order valence-electron chi connectivity index (χ2n) is 4.54. The second kappa shape index (κ2) is 4.79. The maximum atomic E-state index is 5.20. The van der Waals surface area contributed by atoms with Gasteiger partial charge in [0.25, 0.3) is 0 Å². The predicted octanol–water partition coefficient (Wildman–Crippen LogP) is 2.43. The van der Waals surface area contributed by atoms with Crippen LogP contribution >= 0.6 is 15.9 Å². The summed E-state index contributed by atoms with van der Waals surface area (Å²) >= 11 is 3.55. The topological polar surface area (TPSA) is 69.6 Å². The summed E-state index contributed by atoms with van der Waals surface area (Å²) in [6, 6.07) is 0. The fourth-order valence-electron chi connectivity index (χ4n) is 1.72. The molecule has 0 bridgehead atoms. The van der Waals surface area contributed by atoms with E-state index in [1.807, 2.05) is 6.20 Å². The van der Waals surface area contributed by atoms with Crippen LogP contribution in [-0.4, -0.2) is 25.1 Å². The van der Waals surface area contributed by atoms with Crippen molar-refractivity contribution in [3.05, 3.63) is 23.6 Å². The van der Waals surface area contributed by atoms with Crippen LogP contribution < -0.4 is 0 Å². The summed E-state index contributed by atoms with van der Waals surface area (Å²) in [5.74, 6) is 1.94. The van der Waals surface area contributed by atoms with Crippen molar-refractivity contribution < 1.29 is 4.52 Å². The largest absolute Gasteiger partial charge is 0.337 e. The van der Waals surface area contributed by atoms with Gasteiger partial charge < -0.3 is 4.52 Å². The molecule has 2 aromatic rings. The highest BCUT2D eigenvalue weighted by molar-refractivity contribution is 9.09. The average Bonchev–Trinajstić information content (AvgIpc) is 2.96. The van der Waals surface area contributed by atoms with Gasteiger partial charge in [-0.15, -0.1) is 5.10 Å². The summed E-state index contributed by atoms with van der Waals surface area (Å²) in [7, 11) is 0. The highest BCUT2D eigenvalue weighted by Gasteiger charge is 2.28. The Morgan fingerprint density at radius 3 is 3.11 bits per heavy atom. The van der Waals surface area contributed by atoms with E-state index in [2.05, 4.69) is 43.3 Å². The van der Waals surface area contributed by atoms with E-state index in [-0.39, 0.29) is 4.83 Å². The molecular formula is C11H14BrN5O. The highest BCUT2D eigenvalue weighted by atomic mass is 79.9. The zero-order valence-electron chi connectivity index (χ0n) is 10.1. The molecule has 1 atom stereocenters. The lowest BCUT2D eigenvalue weighted by Crippen LogP contribution is -2.00. The Morgan fingerprint density at radius 2 is 2.39 bits per heavy atom. The summed E-state index contributed by atoms with van der Waals surface area (Å²) in [5.41, 5.74) is 0.930. The summed E-state index contributed by atoms with van der Waals surface area (Å²) in [4.78, 5) is 4.61. The van der Waals surface area contributed by atoms with Crippen LogP contribution in [0.15, 0.2) is 10.7 Å². The van der Waals surface area contributed by atoms with Crippen LogP contribution in [0.4, 0.5) is 0 Å². The van der Waals surface area contributed by atoms with E-state index in [9.17, 15) is 0 Å². The van der Waals surface area contributed by atoms with Crippen molar-refractivity contribution in [3.8, 4) is 0 Å². The van der Waals surface area contributed by atoms with E-state index in [1.54, 1.807) is 4.68 Å². The van der Waals surface area contributed by atoms with Crippen LogP contribution in [0.3, 0.4) is 0 Å². The van der Waals surface area contributed by atoms with Gasteiger partial charge in [-0.3, -0.25) is 0 Å². The molecule has 1 saturated carbocycles. The number of alkyl halides is 1. The normalized spacial score (nSPS) is 17.0. The van der Waals surface area contributed by atoms with Crippen molar-refractivity contribution >= 4 is 15.9 Å². The van der Waals surface area contributed by atoms with Gasteiger partial charge in [0.1, 0.15) is 6.54 Å². The van der Waals surface area contributed by atoms with Crippen LogP contribution in [0.25, 0.3) is 0 Å². The number of rotatable bonds is 5. The molecule has 0 aromatic carbocycles.